The van der Waals surface area contributed by atoms with Crippen LogP contribution < -0.4 is 5.32 Å². The second-order valence-corrected chi connectivity index (χ2v) is 7.47. The Labute approximate surface area is 184 Å². The van der Waals surface area contributed by atoms with Crippen LogP contribution in [0.4, 0.5) is 0 Å². The molecule has 4 aromatic rings. The first-order valence-corrected chi connectivity index (χ1v) is 10.1. The van der Waals surface area contributed by atoms with Gasteiger partial charge in [-0.1, -0.05) is 66.7 Å². The zero-order valence-electron chi connectivity index (χ0n) is 17.2. The van der Waals surface area contributed by atoms with Gasteiger partial charge in [0.2, 0.25) is 0 Å². The Bertz CT molecular complexity index is 1380. The first-order chi connectivity index (χ1) is 15.6. The monoisotopic (exact) mass is 421 g/mol. The molecule has 1 aromatic heterocycles. The van der Waals surface area contributed by atoms with E-state index in [0.717, 1.165) is 16.7 Å². The number of nitrogens with one attached hydrogen (secondary N) is 2. The average molecular weight is 421 g/mol. The summed E-state index contributed by atoms with van der Waals surface area (Å²) in [6, 6.07) is 24.6. The van der Waals surface area contributed by atoms with Gasteiger partial charge in [0.1, 0.15) is 0 Å². The van der Waals surface area contributed by atoms with Crippen LogP contribution in [-0.4, -0.2) is 34.7 Å². The highest BCUT2D eigenvalue weighted by Gasteiger charge is 2.33. The molecule has 3 aromatic carbocycles. The van der Waals surface area contributed by atoms with Crippen LogP contribution in [0.2, 0.25) is 0 Å². The van der Waals surface area contributed by atoms with Gasteiger partial charge in [-0.3, -0.25) is 9.59 Å². The number of aromatic amines is 1. The summed E-state index contributed by atoms with van der Waals surface area (Å²) in [5.41, 5.74) is 5.48. The van der Waals surface area contributed by atoms with Gasteiger partial charge in [0.05, 0.1) is 22.5 Å². The van der Waals surface area contributed by atoms with Gasteiger partial charge in [0, 0.05) is 18.2 Å². The third kappa shape index (κ3) is 3.18. The fourth-order valence-electron chi connectivity index (χ4n) is 3.98. The molecule has 2 amide bonds. The number of hydrogen-bond acceptors (Lipinski definition) is 3. The van der Waals surface area contributed by atoms with Gasteiger partial charge in [-0.25, -0.2) is 4.99 Å². The number of hydrogen-bond donors (Lipinski definition) is 3. The van der Waals surface area contributed by atoms with E-state index < -0.39 is 5.91 Å². The maximum absolute atomic E-state index is 12.8. The lowest BCUT2D eigenvalue weighted by molar-refractivity contribution is 0.0962. The molecule has 3 N–H and O–H groups in total. The smallest absolute Gasteiger partial charge is 0.280 e. The molecule has 6 nitrogen and oxygen atoms in total. The number of aromatic hydroxyl groups is 1. The molecular formula is C26H19N3O3. The molecule has 0 aliphatic carbocycles. The Morgan fingerprint density at radius 3 is 2.22 bits per heavy atom. The van der Waals surface area contributed by atoms with Crippen LogP contribution in [0.5, 0.6) is 5.88 Å². The van der Waals surface area contributed by atoms with Crippen LogP contribution >= 0.6 is 0 Å². The summed E-state index contributed by atoms with van der Waals surface area (Å²) in [6.45, 7) is 0. The quantitative estimate of drug-likeness (QED) is 0.456. The maximum atomic E-state index is 12.8. The molecule has 0 spiro atoms. The Morgan fingerprint density at radius 2 is 1.50 bits per heavy atom. The minimum absolute atomic E-state index is 0.128. The highest BCUT2D eigenvalue weighted by Crippen LogP contribution is 2.38. The number of H-pyrrole nitrogens is 1. The molecule has 2 heterocycles. The largest absolute Gasteiger partial charge is 0.494 e. The molecule has 1 aliphatic heterocycles. The van der Waals surface area contributed by atoms with Crippen molar-refractivity contribution in [2.24, 2.45) is 4.99 Å². The predicted octanol–water partition coefficient (Wildman–Crippen LogP) is 4.41. The zero-order valence-corrected chi connectivity index (χ0v) is 17.2. The Morgan fingerprint density at radius 1 is 0.844 bits per heavy atom. The van der Waals surface area contributed by atoms with Crippen molar-refractivity contribution in [2.45, 2.75) is 0 Å². The molecule has 0 bridgehead atoms. The SMILES string of the molecule is CNC(=O)c1cccc(-c2[nH]c(O)c3c2C(=O)N=C3c2ccc(-c3ccccc3)cc2)c1. The molecule has 0 fully saturated rings. The van der Waals surface area contributed by atoms with Gasteiger partial charge in [0.15, 0.2) is 5.88 Å². The molecule has 6 heteroatoms. The lowest BCUT2D eigenvalue weighted by Crippen LogP contribution is -2.17. The first-order valence-electron chi connectivity index (χ1n) is 10.1. The molecule has 0 unspecified atom stereocenters. The topological polar surface area (TPSA) is 94.5 Å². The van der Waals surface area contributed by atoms with Crippen LogP contribution in [-0.2, 0) is 0 Å². The minimum Gasteiger partial charge on any atom is -0.494 e. The van der Waals surface area contributed by atoms with E-state index in [-0.39, 0.29) is 11.8 Å². The summed E-state index contributed by atoms with van der Waals surface area (Å²) in [5, 5.41) is 13.2. The maximum Gasteiger partial charge on any atom is 0.280 e. The van der Waals surface area contributed by atoms with Gasteiger partial charge in [0.25, 0.3) is 11.8 Å². The fraction of sp³-hybridized carbons (Fsp3) is 0.0385. The fourth-order valence-corrected chi connectivity index (χ4v) is 3.98. The van der Waals surface area contributed by atoms with E-state index in [4.69, 9.17) is 0 Å². The van der Waals surface area contributed by atoms with Crippen LogP contribution in [0.3, 0.4) is 0 Å². The summed E-state index contributed by atoms with van der Waals surface area (Å²) < 4.78 is 0. The summed E-state index contributed by atoms with van der Waals surface area (Å²) in [7, 11) is 1.56. The minimum atomic E-state index is -0.431. The van der Waals surface area contributed by atoms with Crippen molar-refractivity contribution < 1.29 is 14.7 Å². The number of carbonyl (C=O) groups excluding carboxylic acids is 2. The van der Waals surface area contributed by atoms with Gasteiger partial charge in [-0.05, 0) is 28.8 Å². The molecule has 156 valence electrons. The molecule has 5 rings (SSSR count). The van der Waals surface area contributed by atoms with E-state index in [2.05, 4.69) is 15.3 Å². The second-order valence-electron chi connectivity index (χ2n) is 7.47. The number of aliphatic imine (C=N–C) groups is 1. The van der Waals surface area contributed by atoms with Gasteiger partial charge in [-0.15, -0.1) is 0 Å². The summed E-state index contributed by atoms with van der Waals surface area (Å²) in [6.07, 6.45) is 0. The molecule has 0 saturated heterocycles. The number of benzene rings is 3. The molecule has 0 radical (unpaired) electrons. The van der Waals surface area contributed by atoms with Crippen molar-refractivity contribution in [1.29, 1.82) is 0 Å². The Balaban J connectivity index is 1.55. The van der Waals surface area contributed by atoms with E-state index in [1.807, 2.05) is 54.6 Å². The molecule has 1 aliphatic rings. The second kappa shape index (κ2) is 7.67. The van der Waals surface area contributed by atoms with Crippen LogP contribution in [0.15, 0.2) is 83.9 Å². The lowest BCUT2D eigenvalue weighted by Gasteiger charge is -2.05. The lowest BCUT2D eigenvalue weighted by atomic mass is 9.97. The normalized spacial score (nSPS) is 12.4. The van der Waals surface area contributed by atoms with Crippen molar-refractivity contribution in [3.63, 3.8) is 0 Å². The van der Waals surface area contributed by atoms with Gasteiger partial charge >= 0.3 is 0 Å². The molecule has 32 heavy (non-hydrogen) atoms. The molecule has 0 atom stereocenters. The highest BCUT2D eigenvalue weighted by molar-refractivity contribution is 6.30. The number of nitrogens with zero attached hydrogens (tertiary/aromatic N) is 1. The van der Waals surface area contributed by atoms with Crippen molar-refractivity contribution in [3.8, 4) is 28.3 Å². The van der Waals surface area contributed by atoms with Crippen LogP contribution in [0, 0.1) is 0 Å². The van der Waals surface area contributed by atoms with E-state index in [1.165, 1.54) is 0 Å². The molecule has 0 saturated carbocycles. The number of rotatable bonds is 4. The average Bonchev–Trinajstić information content (AvgIpc) is 3.37. The van der Waals surface area contributed by atoms with E-state index in [0.29, 0.717) is 33.7 Å². The third-order valence-corrected chi connectivity index (χ3v) is 5.55. The Kier molecular flexibility index (Phi) is 4.67. The van der Waals surface area contributed by atoms with Crippen molar-refractivity contribution >= 4 is 17.5 Å². The Hall–Kier alpha value is -4.45. The third-order valence-electron chi connectivity index (χ3n) is 5.55. The summed E-state index contributed by atoms with van der Waals surface area (Å²) >= 11 is 0. The van der Waals surface area contributed by atoms with Gasteiger partial charge in [-0.2, -0.15) is 0 Å². The summed E-state index contributed by atoms with van der Waals surface area (Å²) in [4.78, 5) is 32.0. The number of fused-ring (bicyclic) bond motifs is 1. The van der Waals surface area contributed by atoms with Crippen molar-refractivity contribution in [2.75, 3.05) is 7.05 Å². The van der Waals surface area contributed by atoms with Crippen LogP contribution in [0.1, 0.15) is 31.8 Å². The highest BCUT2D eigenvalue weighted by atomic mass is 16.3. The zero-order chi connectivity index (χ0) is 22.2. The van der Waals surface area contributed by atoms with E-state index in [9.17, 15) is 14.7 Å². The summed E-state index contributed by atoms with van der Waals surface area (Å²) in [5.74, 6) is -0.794. The predicted molar refractivity (Wildman–Crippen MR) is 123 cm³/mol. The molecular weight excluding hydrogens is 402 g/mol. The number of amides is 2. The number of aromatic nitrogens is 1. The van der Waals surface area contributed by atoms with Crippen molar-refractivity contribution in [3.05, 3.63) is 101 Å². The van der Waals surface area contributed by atoms with Crippen molar-refractivity contribution in [1.82, 2.24) is 10.3 Å². The first kappa shape index (κ1) is 19.5. The number of carbonyl (C=O) groups is 2. The van der Waals surface area contributed by atoms with E-state index >= 15 is 0 Å². The standard InChI is InChI=1S/C26H19N3O3/c1-27-24(30)19-9-5-8-18(14-19)23-21-20(25(31)29-23)22(28-26(21)32)17-12-10-16(11-13-17)15-6-3-2-4-7-15/h2-14,29,31H,1H3,(H,27,30). The van der Waals surface area contributed by atoms with Crippen LogP contribution in [0.25, 0.3) is 22.4 Å². The van der Waals surface area contributed by atoms with E-state index in [1.54, 1.807) is 31.3 Å². The van der Waals surface area contributed by atoms with Gasteiger partial charge < -0.3 is 15.4 Å².